The van der Waals surface area contributed by atoms with Gasteiger partial charge in [-0.05, 0) is 23.5 Å². The third-order valence-corrected chi connectivity index (χ3v) is 8.19. The largest absolute Gasteiger partial charge is 0.465 e. The number of likely N-dealkylation sites (tertiary alicyclic amines) is 1. The van der Waals surface area contributed by atoms with Crippen molar-refractivity contribution in [2.24, 2.45) is 5.41 Å². The van der Waals surface area contributed by atoms with Gasteiger partial charge in [-0.1, -0.05) is 45.0 Å². The summed E-state index contributed by atoms with van der Waals surface area (Å²) in [6.45, 7) is 8.64. The highest BCUT2D eigenvalue weighted by Gasteiger charge is 2.44. The second-order valence-electron chi connectivity index (χ2n) is 12.0. The van der Waals surface area contributed by atoms with E-state index in [1.165, 1.54) is 4.90 Å². The predicted octanol–water partition coefficient (Wildman–Crippen LogP) is 1.54. The first-order valence-electron chi connectivity index (χ1n) is 15.1. The minimum atomic E-state index is -1.11. The predicted molar refractivity (Wildman–Crippen MR) is 170 cm³/mol. The maximum Gasteiger partial charge on any atom is 0.404 e. The van der Waals surface area contributed by atoms with Crippen LogP contribution in [0.3, 0.4) is 0 Å². The van der Waals surface area contributed by atoms with E-state index in [2.05, 4.69) is 20.9 Å². The fourth-order valence-corrected chi connectivity index (χ4v) is 5.63. The molecule has 15 heteroatoms. The van der Waals surface area contributed by atoms with E-state index in [0.717, 1.165) is 21.7 Å². The molecule has 0 radical (unpaired) electrons. The molecule has 1 aromatic heterocycles. The molecule has 0 spiro atoms. The zero-order chi connectivity index (χ0) is 33.7. The van der Waals surface area contributed by atoms with Crippen LogP contribution >= 0.6 is 11.3 Å². The molecule has 5 N–H and O–H groups in total. The molecule has 0 bridgehead atoms. The van der Waals surface area contributed by atoms with Crippen LogP contribution in [0.5, 0.6) is 0 Å². The second kappa shape index (κ2) is 17.9. The molecule has 1 aromatic carbocycles. The Hall–Kier alpha value is -3.63. The van der Waals surface area contributed by atoms with E-state index in [9.17, 15) is 24.3 Å². The third-order valence-electron chi connectivity index (χ3n) is 7.21. The number of nitrogens with zero attached hydrogens (tertiary/aromatic N) is 2. The smallest absolute Gasteiger partial charge is 0.404 e. The topological polar surface area (TPSA) is 189 Å². The quantitative estimate of drug-likeness (QED) is 0.155. The number of carboxylic acid groups (broad SMARTS) is 1. The molecule has 14 nitrogen and oxygen atoms in total. The van der Waals surface area contributed by atoms with Gasteiger partial charge in [0, 0.05) is 26.1 Å². The molecule has 0 aliphatic carbocycles. The number of carbonyl (C=O) groups is 4. The summed E-state index contributed by atoms with van der Waals surface area (Å²) >= 11 is 1.57. The summed E-state index contributed by atoms with van der Waals surface area (Å²) in [5.41, 5.74) is 4.01. The molecule has 0 saturated carbocycles. The highest BCUT2D eigenvalue weighted by Crippen LogP contribution is 2.28. The zero-order valence-electron chi connectivity index (χ0n) is 26.7. The Morgan fingerprint density at radius 1 is 1.02 bits per heavy atom. The number of ether oxygens (including phenoxy) is 3. The summed E-state index contributed by atoms with van der Waals surface area (Å²) in [6, 6.07) is 5.98. The van der Waals surface area contributed by atoms with E-state index in [-0.39, 0.29) is 71.6 Å². The van der Waals surface area contributed by atoms with Crippen molar-refractivity contribution in [3.05, 3.63) is 41.0 Å². The van der Waals surface area contributed by atoms with Gasteiger partial charge >= 0.3 is 6.09 Å². The van der Waals surface area contributed by atoms with Crippen LogP contribution in [0.25, 0.3) is 10.4 Å². The summed E-state index contributed by atoms with van der Waals surface area (Å²) < 4.78 is 16.0. The summed E-state index contributed by atoms with van der Waals surface area (Å²) in [7, 11) is 0. The number of amides is 4. The Balaban J connectivity index is 1.45. The van der Waals surface area contributed by atoms with Gasteiger partial charge in [0.15, 0.2) is 0 Å². The average molecular weight is 664 g/mol. The van der Waals surface area contributed by atoms with Crippen LogP contribution in [0.1, 0.15) is 38.4 Å². The first-order valence-corrected chi connectivity index (χ1v) is 16.0. The fraction of sp³-hybridized carbons (Fsp3) is 0.581. The lowest BCUT2D eigenvalue weighted by molar-refractivity contribution is -0.144. The van der Waals surface area contributed by atoms with E-state index in [0.29, 0.717) is 0 Å². The molecule has 3 rings (SSSR count). The van der Waals surface area contributed by atoms with Gasteiger partial charge < -0.3 is 45.3 Å². The summed E-state index contributed by atoms with van der Waals surface area (Å²) in [5.74, 6) is -1.33. The van der Waals surface area contributed by atoms with Crippen molar-refractivity contribution in [1.82, 2.24) is 25.8 Å². The van der Waals surface area contributed by atoms with Crippen molar-refractivity contribution in [3.63, 3.8) is 0 Å². The molecule has 46 heavy (non-hydrogen) atoms. The van der Waals surface area contributed by atoms with Crippen molar-refractivity contribution in [1.29, 1.82) is 0 Å². The number of hydrogen-bond donors (Lipinski definition) is 5. The van der Waals surface area contributed by atoms with E-state index < -0.39 is 41.5 Å². The van der Waals surface area contributed by atoms with Crippen LogP contribution in [0.2, 0.25) is 0 Å². The fourth-order valence-electron chi connectivity index (χ4n) is 4.82. The van der Waals surface area contributed by atoms with Crippen molar-refractivity contribution in [3.8, 4) is 10.4 Å². The molecular formula is C31H45N5O9S. The SMILES string of the molecule is Cc1ncsc1-c1ccc(CNC(=O)[C@H]2C[C@@H](O)CN2C(=O)C(NC(=O)COCCOCCOCCNC(=O)O)C(C)(C)C)cc1. The number of carbonyl (C=O) groups excluding carboxylic acids is 3. The number of thiazole rings is 1. The Morgan fingerprint density at radius 2 is 1.67 bits per heavy atom. The van der Waals surface area contributed by atoms with Gasteiger partial charge in [-0.2, -0.15) is 0 Å². The average Bonchev–Trinajstić information content (AvgIpc) is 3.61. The summed E-state index contributed by atoms with van der Waals surface area (Å²) in [6.07, 6.45) is -1.88. The minimum Gasteiger partial charge on any atom is -0.465 e. The Bertz CT molecular complexity index is 1300. The van der Waals surface area contributed by atoms with Crippen LogP contribution in [0.4, 0.5) is 4.79 Å². The molecule has 254 valence electrons. The molecule has 1 saturated heterocycles. The molecule has 2 heterocycles. The van der Waals surface area contributed by atoms with Crippen LogP contribution in [0, 0.1) is 12.3 Å². The summed E-state index contributed by atoms with van der Waals surface area (Å²) in [5, 5.41) is 26.7. The van der Waals surface area contributed by atoms with Crippen LogP contribution < -0.4 is 16.0 Å². The number of β-amino-alcohol motifs (C(OH)–C–C–N with tert-alkyl or cyclic N) is 1. The molecule has 1 aliphatic rings. The number of nitrogens with one attached hydrogen (secondary N) is 3. The van der Waals surface area contributed by atoms with E-state index in [4.69, 9.17) is 19.3 Å². The monoisotopic (exact) mass is 663 g/mol. The molecular weight excluding hydrogens is 618 g/mol. The maximum atomic E-state index is 13.7. The number of rotatable bonds is 17. The third kappa shape index (κ3) is 11.6. The number of aromatic nitrogens is 1. The second-order valence-corrected chi connectivity index (χ2v) is 12.8. The standard InChI is InChI=1S/C31H45N5O9S/c1-20-26(46-19-34-20)22-7-5-21(6-8-22)16-33-28(39)24-15-23(37)17-36(24)29(40)27(31(2,3)4)35-25(38)18-45-14-13-44-12-11-43-10-9-32-30(41)42/h5-8,19,23-24,27,32,37H,9-18H2,1-4H3,(H,33,39)(H,35,38)(H,41,42)/t23-,24-,27?/m1/s1. The van der Waals surface area contributed by atoms with E-state index in [1.807, 2.05) is 52.0 Å². The molecule has 3 atom stereocenters. The van der Waals surface area contributed by atoms with Crippen LogP contribution in [0.15, 0.2) is 29.8 Å². The van der Waals surface area contributed by atoms with Crippen molar-refractivity contribution in [2.45, 2.75) is 58.8 Å². The summed E-state index contributed by atoms with van der Waals surface area (Å²) in [4.78, 5) is 56.8. The van der Waals surface area contributed by atoms with Gasteiger partial charge in [-0.15, -0.1) is 11.3 Å². The van der Waals surface area contributed by atoms with Crippen LogP contribution in [-0.4, -0.2) is 115 Å². The van der Waals surface area contributed by atoms with Crippen molar-refractivity contribution < 1.29 is 43.6 Å². The first kappa shape index (κ1) is 36.8. The molecule has 4 amide bonds. The van der Waals surface area contributed by atoms with Gasteiger partial charge in [-0.25, -0.2) is 9.78 Å². The molecule has 1 unspecified atom stereocenters. The van der Waals surface area contributed by atoms with E-state index in [1.54, 1.807) is 16.8 Å². The first-order chi connectivity index (χ1) is 21.9. The minimum absolute atomic E-state index is 0.0180. The molecule has 1 fully saturated rings. The van der Waals surface area contributed by atoms with Gasteiger partial charge in [0.05, 0.1) is 55.2 Å². The number of hydrogen-bond acceptors (Lipinski definition) is 10. The number of benzene rings is 1. The highest BCUT2D eigenvalue weighted by molar-refractivity contribution is 7.13. The Morgan fingerprint density at radius 3 is 2.28 bits per heavy atom. The van der Waals surface area contributed by atoms with Crippen LogP contribution in [-0.2, 0) is 35.1 Å². The zero-order valence-corrected chi connectivity index (χ0v) is 27.6. The van der Waals surface area contributed by atoms with Gasteiger partial charge in [0.2, 0.25) is 17.7 Å². The maximum absolute atomic E-state index is 13.7. The lowest BCUT2D eigenvalue weighted by Gasteiger charge is -2.35. The number of aryl methyl sites for hydroxylation is 1. The molecule has 2 aromatic rings. The number of aliphatic hydroxyl groups is 1. The van der Waals surface area contributed by atoms with Crippen molar-refractivity contribution >= 4 is 35.2 Å². The Kier molecular flexibility index (Phi) is 14.3. The molecule has 1 aliphatic heterocycles. The van der Waals surface area contributed by atoms with Crippen molar-refractivity contribution in [2.75, 3.05) is 52.7 Å². The Labute approximate surface area is 272 Å². The van der Waals surface area contributed by atoms with Gasteiger partial charge in [0.25, 0.3) is 0 Å². The van der Waals surface area contributed by atoms with E-state index >= 15 is 0 Å². The van der Waals surface area contributed by atoms with Gasteiger partial charge in [-0.3, -0.25) is 14.4 Å². The highest BCUT2D eigenvalue weighted by atomic mass is 32.1. The lowest BCUT2D eigenvalue weighted by Crippen LogP contribution is -2.58. The number of aliphatic hydroxyl groups excluding tert-OH is 1. The normalized spacial score (nSPS) is 17.0. The lowest BCUT2D eigenvalue weighted by atomic mass is 9.85. The van der Waals surface area contributed by atoms with Gasteiger partial charge in [0.1, 0.15) is 18.7 Å².